The quantitative estimate of drug-likeness (QED) is 0.714. The molecule has 1 aromatic rings. The van der Waals surface area contributed by atoms with E-state index in [4.69, 9.17) is 21.4 Å². The fourth-order valence-electron chi connectivity index (χ4n) is 1.54. The predicted octanol–water partition coefficient (Wildman–Crippen LogP) is 2.68. The fourth-order valence-corrected chi connectivity index (χ4v) is 2.17. The Morgan fingerprint density at radius 3 is 2.76 bits per heavy atom. The largest absolute Gasteiger partial charge is 0.497 e. The molecule has 0 aliphatic rings. The van der Waals surface area contributed by atoms with Crippen molar-refractivity contribution in [2.45, 2.75) is 12.5 Å². The summed E-state index contributed by atoms with van der Waals surface area (Å²) >= 11 is 7.48. The Labute approximate surface area is 132 Å². The van der Waals surface area contributed by atoms with Gasteiger partial charge in [-0.25, -0.2) is 9.59 Å². The van der Waals surface area contributed by atoms with Crippen LogP contribution in [0.25, 0.3) is 0 Å². The van der Waals surface area contributed by atoms with E-state index in [0.29, 0.717) is 28.6 Å². The number of hydrogen-bond donors (Lipinski definition) is 3. The topological polar surface area (TPSA) is 87.7 Å². The lowest BCUT2D eigenvalue weighted by atomic mass is 10.2. The molecule has 0 saturated carbocycles. The highest BCUT2D eigenvalue weighted by Gasteiger charge is 2.19. The summed E-state index contributed by atoms with van der Waals surface area (Å²) in [7, 11) is 1.50. The number of halogens is 1. The minimum absolute atomic E-state index is 0.335. The summed E-state index contributed by atoms with van der Waals surface area (Å²) in [4.78, 5) is 22.9. The summed E-state index contributed by atoms with van der Waals surface area (Å²) in [5, 5.41) is 14.3. The Balaban J connectivity index is 2.69. The Morgan fingerprint density at radius 2 is 2.19 bits per heavy atom. The van der Waals surface area contributed by atoms with Gasteiger partial charge in [-0.05, 0) is 30.6 Å². The third-order valence-corrected chi connectivity index (χ3v) is 3.61. The minimum atomic E-state index is -1.07. The monoisotopic (exact) mass is 332 g/mol. The molecule has 2 amide bonds. The zero-order valence-electron chi connectivity index (χ0n) is 11.7. The van der Waals surface area contributed by atoms with Crippen LogP contribution in [-0.2, 0) is 4.79 Å². The van der Waals surface area contributed by atoms with E-state index in [9.17, 15) is 9.59 Å². The third-order valence-electron chi connectivity index (χ3n) is 2.64. The molecule has 0 heterocycles. The number of methoxy groups -OCH3 is 1. The van der Waals surface area contributed by atoms with Gasteiger partial charge in [0.1, 0.15) is 11.8 Å². The van der Waals surface area contributed by atoms with Crippen LogP contribution >= 0.6 is 23.4 Å². The number of benzene rings is 1. The van der Waals surface area contributed by atoms with Crippen LogP contribution in [0, 0.1) is 0 Å². The maximum absolute atomic E-state index is 11.9. The molecule has 1 atom stereocenters. The van der Waals surface area contributed by atoms with Crippen molar-refractivity contribution in [2.75, 3.05) is 24.4 Å². The van der Waals surface area contributed by atoms with E-state index in [1.165, 1.54) is 18.9 Å². The standard InChI is InChI=1S/C13H17ClN2O4S/c1-20-8-3-4-9(14)11(7-8)16-13(19)15-10(12(17)18)5-6-21-2/h3-4,7,10H,5-6H2,1-2H3,(H,17,18)(H2,15,16,19)/t10-/m0/s1. The molecule has 3 N–H and O–H groups in total. The highest BCUT2D eigenvalue weighted by molar-refractivity contribution is 7.98. The Bertz CT molecular complexity index is 513. The molecule has 0 spiro atoms. The maximum atomic E-state index is 11.9. The summed E-state index contributed by atoms with van der Waals surface area (Å²) < 4.78 is 5.04. The molecular formula is C13H17ClN2O4S. The number of carboxylic acids is 1. The number of nitrogens with one attached hydrogen (secondary N) is 2. The van der Waals surface area contributed by atoms with Crippen molar-refractivity contribution in [3.05, 3.63) is 23.2 Å². The van der Waals surface area contributed by atoms with Crippen LogP contribution in [0.15, 0.2) is 18.2 Å². The van der Waals surface area contributed by atoms with Gasteiger partial charge in [-0.15, -0.1) is 0 Å². The molecule has 1 aromatic carbocycles. The van der Waals surface area contributed by atoms with Crippen molar-refractivity contribution in [1.82, 2.24) is 5.32 Å². The normalized spacial score (nSPS) is 11.6. The molecule has 0 aliphatic heterocycles. The van der Waals surface area contributed by atoms with E-state index in [2.05, 4.69) is 10.6 Å². The van der Waals surface area contributed by atoms with E-state index < -0.39 is 18.0 Å². The van der Waals surface area contributed by atoms with Crippen molar-refractivity contribution in [2.24, 2.45) is 0 Å². The molecule has 0 bridgehead atoms. The number of ether oxygens (including phenoxy) is 1. The SMILES string of the molecule is COc1ccc(Cl)c(NC(=O)N[C@@H](CCSC)C(=O)O)c1. The van der Waals surface area contributed by atoms with Gasteiger partial charge in [0.25, 0.3) is 0 Å². The summed E-state index contributed by atoms with van der Waals surface area (Å²) in [6.45, 7) is 0. The van der Waals surface area contributed by atoms with Crippen molar-refractivity contribution in [1.29, 1.82) is 0 Å². The van der Waals surface area contributed by atoms with Crippen molar-refractivity contribution < 1.29 is 19.4 Å². The maximum Gasteiger partial charge on any atom is 0.326 e. The highest BCUT2D eigenvalue weighted by atomic mass is 35.5. The minimum Gasteiger partial charge on any atom is -0.497 e. The van der Waals surface area contributed by atoms with Crippen LogP contribution in [0.1, 0.15) is 6.42 Å². The van der Waals surface area contributed by atoms with Crippen LogP contribution in [0.2, 0.25) is 5.02 Å². The molecule has 116 valence electrons. The van der Waals surface area contributed by atoms with E-state index in [1.807, 2.05) is 6.26 Å². The number of aliphatic carboxylic acids is 1. The van der Waals surface area contributed by atoms with E-state index in [0.717, 1.165) is 0 Å². The molecule has 0 unspecified atom stereocenters. The lowest BCUT2D eigenvalue weighted by Gasteiger charge is -2.15. The lowest BCUT2D eigenvalue weighted by molar-refractivity contribution is -0.139. The summed E-state index contributed by atoms with van der Waals surface area (Å²) in [6.07, 6.45) is 2.21. The van der Waals surface area contributed by atoms with Crippen molar-refractivity contribution in [3.63, 3.8) is 0 Å². The number of rotatable bonds is 7. The first-order valence-corrected chi connectivity index (χ1v) is 7.88. The second-order valence-electron chi connectivity index (χ2n) is 4.12. The van der Waals surface area contributed by atoms with E-state index >= 15 is 0 Å². The number of carbonyl (C=O) groups is 2. The molecule has 0 fully saturated rings. The number of carboxylic acid groups (broad SMARTS) is 1. The Hall–Kier alpha value is -1.60. The predicted molar refractivity (Wildman–Crippen MR) is 84.6 cm³/mol. The number of hydrogen-bond acceptors (Lipinski definition) is 4. The number of thioether (sulfide) groups is 1. The van der Waals surface area contributed by atoms with Gasteiger partial charge in [0.2, 0.25) is 0 Å². The van der Waals surface area contributed by atoms with Gasteiger partial charge in [-0.2, -0.15) is 11.8 Å². The first-order valence-electron chi connectivity index (χ1n) is 6.10. The van der Waals surface area contributed by atoms with Crippen LogP contribution in [0.4, 0.5) is 10.5 Å². The van der Waals surface area contributed by atoms with Crippen LogP contribution in [-0.4, -0.2) is 42.3 Å². The molecule has 0 saturated heterocycles. The van der Waals surface area contributed by atoms with Gasteiger partial charge in [0.05, 0.1) is 17.8 Å². The first-order chi connectivity index (χ1) is 9.97. The van der Waals surface area contributed by atoms with Crippen molar-refractivity contribution >= 4 is 41.1 Å². The number of anilines is 1. The summed E-state index contributed by atoms with van der Waals surface area (Å²) in [6, 6.07) is 3.22. The van der Waals surface area contributed by atoms with Crippen LogP contribution in [0.5, 0.6) is 5.75 Å². The first kappa shape index (κ1) is 17.5. The molecule has 6 nitrogen and oxygen atoms in total. The van der Waals surface area contributed by atoms with Crippen LogP contribution < -0.4 is 15.4 Å². The smallest absolute Gasteiger partial charge is 0.326 e. The van der Waals surface area contributed by atoms with Gasteiger partial charge < -0.3 is 20.5 Å². The average molecular weight is 333 g/mol. The third kappa shape index (κ3) is 5.73. The zero-order valence-corrected chi connectivity index (χ0v) is 13.3. The second kappa shape index (κ2) is 8.63. The Kier molecular flexibility index (Phi) is 7.18. The number of amides is 2. The molecule has 1 rings (SSSR count). The highest BCUT2D eigenvalue weighted by Crippen LogP contribution is 2.26. The summed E-state index contributed by atoms with van der Waals surface area (Å²) in [5.41, 5.74) is 0.350. The molecule has 0 radical (unpaired) electrons. The van der Waals surface area contributed by atoms with E-state index in [1.54, 1.807) is 18.2 Å². The molecule has 21 heavy (non-hydrogen) atoms. The van der Waals surface area contributed by atoms with E-state index in [-0.39, 0.29) is 0 Å². The lowest BCUT2D eigenvalue weighted by Crippen LogP contribution is -2.43. The van der Waals surface area contributed by atoms with Gasteiger partial charge in [-0.1, -0.05) is 11.6 Å². The number of carbonyl (C=O) groups excluding carboxylic acids is 1. The summed E-state index contributed by atoms with van der Waals surface area (Å²) in [5.74, 6) is 0.0970. The van der Waals surface area contributed by atoms with Crippen LogP contribution in [0.3, 0.4) is 0 Å². The average Bonchev–Trinajstić information content (AvgIpc) is 2.45. The second-order valence-corrected chi connectivity index (χ2v) is 5.51. The zero-order chi connectivity index (χ0) is 15.8. The number of urea groups is 1. The van der Waals surface area contributed by atoms with Gasteiger partial charge in [0, 0.05) is 6.07 Å². The molecule has 0 aliphatic carbocycles. The van der Waals surface area contributed by atoms with Crippen molar-refractivity contribution in [3.8, 4) is 5.75 Å². The molecule has 0 aromatic heterocycles. The van der Waals surface area contributed by atoms with Gasteiger partial charge in [0.15, 0.2) is 0 Å². The molecule has 8 heteroatoms. The van der Waals surface area contributed by atoms with Gasteiger partial charge >= 0.3 is 12.0 Å². The van der Waals surface area contributed by atoms with Gasteiger partial charge in [-0.3, -0.25) is 0 Å². The Morgan fingerprint density at radius 1 is 1.48 bits per heavy atom. The fraction of sp³-hybridized carbons (Fsp3) is 0.385. The molecular weight excluding hydrogens is 316 g/mol.